The van der Waals surface area contributed by atoms with Gasteiger partial charge in [-0.25, -0.2) is 4.98 Å². The summed E-state index contributed by atoms with van der Waals surface area (Å²) >= 11 is 8.76. The van der Waals surface area contributed by atoms with Crippen LogP contribution in [0.15, 0.2) is 29.4 Å². The molecular formula is C9H8BrClN2O. The molecule has 0 atom stereocenters. The van der Waals surface area contributed by atoms with E-state index >= 15 is 0 Å². The van der Waals surface area contributed by atoms with Crippen LogP contribution in [0.25, 0.3) is 0 Å². The summed E-state index contributed by atoms with van der Waals surface area (Å²) < 4.78 is 0.708. The molecule has 1 amide bonds. The van der Waals surface area contributed by atoms with E-state index in [0.29, 0.717) is 21.7 Å². The van der Waals surface area contributed by atoms with Crippen molar-refractivity contribution < 1.29 is 4.79 Å². The van der Waals surface area contributed by atoms with E-state index in [1.807, 2.05) is 0 Å². The SMILES string of the molecule is C=C(Br)CNC(=O)c1ccc(Cl)cn1. The van der Waals surface area contributed by atoms with Crippen molar-refractivity contribution in [2.75, 3.05) is 6.54 Å². The molecule has 0 spiro atoms. The standard InChI is InChI=1S/C9H8BrClN2O/c1-6(10)4-13-9(14)8-3-2-7(11)5-12-8/h2-3,5H,1,4H2,(H,13,14). The Kier molecular flexibility index (Phi) is 4.10. The molecule has 0 saturated heterocycles. The van der Waals surface area contributed by atoms with Crippen molar-refractivity contribution in [3.05, 3.63) is 40.1 Å². The number of carbonyl (C=O) groups is 1. The van der Waals surface area contributed by atoms with E-state index in [9.17, 15) is 4.79 Å². The Morgan fingerprint density at radius 3 is 2.86 bits per heavy atom. The van der Waals surface area contributed by atoms with Crippen molar-refractivity contribution in [1.82, 2.24) is 10.3 Å². The third-order valence-corrected chi connectivity index (χ3v) is 1.90. The van der Waals surface area contributed by atoms with Crippen molar-refractivity contribution in [3.8, 4) is 0 Å². The van der Waals surface area contributed by atoms with Gasteiger partial charge in [0.2, 0.25) is 0 Å². The Morgan fingerprint density at radius 1 is 1.64 bits per heavy atom. The molecule has 0 radical (unpaired) electrons. The Balaban J connectivity index is 2.61. The van der Waals surface area contributed by atoms with E-state index in [-0.39, 0.29) is 5.91 Å². The normalized spacial score (nSPS) is 9.57. The molecule has 3 nitrogen and oxygen atoms in total. The van der Waals surface area contributed by atoms with Gasteiger partial charge >= 0.3 is 0 Å². The second kappa shape index (κ2) is 5.12. The van der Waals surface area contributed by atoms with Crippen LogP contribution in [0.2, 0.25) is 5.02 Å². The fourth-order valence-electron chi connectivity index (χ4n) is 0.777. The number of hydrogen-bond acceptors (Lipinski definition) is 2. The molecule has 1 heterocycles. The summed E-state index contributed by atoms with van der Waals surface area (Å²) in [5.41, 5.74) is 0.336. The van der Waals surface area contributed by atoms with E-state index in [2.05, 4.69) is 32.8 Å². The summed E-state index contributed by atoms with van der Waals surface area (Å²) in [5.74, 6) is -0.248. The van der Waals surface area contributed by atoms with E-state index in [1.54, 1.807) is 12.1 Å². The van der Waals surface area contributed by atoms with Gasteiger partial charge in [-0.1, -0.05) is 34.1 Å². The summed E-state index contributed by atoms with van der Waals surface area (Å²) in [7, 11) is 0. The third kappa shape index (κ3) is 3.47. The minimum Gasteiger partial charge on any atom is -0.346 e. The number of nitrogens with one attached hydrogen (secondary N) is 1. The van der Waals surface area contributed by atoms with Crippen molar-refractivity contribution >= 4 is 33.4 Å². The molecule has 1 N–H and O–H groups in total. The highest BCUT2D eigenvalue weighted by molar-refractivity contribution is 9.11. The second-order valence-corrected chi connectivity index (χ2v) is 4.12. The van der Waals surface area contributed by atoms with Gasteiger partial charge in [0.1, 0.15) is 5.69 Å². The Bertz CT molecular complexity index is 350. The lowest BCUT2D eigenvalue weighted by atomic mass is 10.3. The fraction of sp³-hybridized carbons (Fsp3) is 0.111. The van der Waals surface area contributed by atoms with Gasteiger partial charge in [0.05, 0.1) is 5.02 Å². The highest BCUT2D eigenvalue weighted by Crippen LogP contribution is 2.06. The van der Waals surface area contributed by atoms with Crippen molar-refractivity contribution in [3.63, 3.8) is 0 Å². The Morgan fingerprint density at radius 2 is 2.36 bits per heavy atom. The Hall–Kier alpha value is -0.870. The van der Waals surface area contributed by atoms with Crippen LogP contribution in [0.1, 0.15) is 10.5 Å². The molecular weight excluding hydrogens is 267 g/mol. The van der Waals surface area contributed by atoms with Gasteiger partial charge in [0, 0.05) is 17.2 Å². The lowest BCUT2D eigenvalue weighted by molar-refractivity contribution is 0.0953. The van der Waals surface area contributed by atoms with Gasteiger partial charge in [-0.2, -0.15) is 0 Å². The van der Waals surface area contributed by atoms with Gasteiger partial charge in [-0.05, 0) is 12.1 Å². The number of rotatable bonds is 3. The number of hydrogen-bond donors (Lipinski definition) is 1. The zero-order chi connectivity index (χ0) is 10.6. The molecule has 0 saturated carbocycles. The average Bonchev–Trinajstić information content (AvgIpc) is 2.15. The number of nitrogens with zero attached hydrogens (tertiary/aromatic N) is 1. The first-order valence-corrected chi connectivity index (χ1v) is 4.99. The lowest BCUT2D eigenvalue weighted by Gasteiger charge is -2.02. The molecule has 0 fully saturated rings. The molecule has 0 unspecified atom stereocenters. The maximum absolute atomic E-state index is 11.4. The lowest BCUT2D eigenvalue weighted by Crippen LogP contribution is -2.25. The number of aromatic nitrogens is 1. The molecule has 0 aliphatic heterocycles. The van der Waals surface area contributed by atoms with Gasteiger partial charge in [-0.15, -0.1) is 0 Å². The molecule has 0 aliphatic carbocycles. The molecule has 14 heavy (non-hydrogen) atoms. The third-order valence-electron chi connectivity index (χ3n) is 1.40. The van der Waals surface area contributed by atoms with E-state index in [1.165, 1.54) is 6.20 Å². The molecule has 0 aliphatic rings. The molecule has 0 aromatic carbocycles. The van der Waals surface area contributed by atoms with Crippen LogP contribution in [-0.4, -0.2) is 17.4 Å². The number of amides is 1. The quantitative estimate of drug-likeness (QED) is 0.920. The first-order chi connectivity index (χ1) is 6.59. The molecule has 5 heteroatoms. The zero-order valence-corrected chi connectivity index (χ0v) is 9.60. The molecule has 1 aromatic rings. The van der Waals surface area contributed by atoms with E-state index in [4.69, 9.17) is 11.6 Å². The Labute approximate surface area is 95.3 Å². The first-order valence-electron chi connectivity index (χ1n) is 3.82. The zero-order valence-electron chi connectivity index (χ0n) is 7.26. The van der Waals surface area contributed by atoms with Crippen LogP contribution in [0.3, 0.4) is 0 Å². The largest absolute Gasteiger partial charge is 0.346 e. The molecule has 1 aromatic heterocycles. The van der Waals surface area contributed by atoms with Crippen LogP contribution < -0.4 is 5.32 Å². The van der Waals surface area contributed by atoms with Crippen LogP contribution in [0.4, 0.5) is 0 Å². The molecule has 1 rings (SSSR count). The van der Waals surface area contributed by atoms with Crippen LogP contribution in [-0.2, 0) is 0 Å². The monoisotopic (exact) mass is 274 g/mol. The summed E-state index contributed by atoms with van der Waals surface area (Å²) in [5, 5.41) is 3.13. The summed E-state index contributed by atoms with van der Waals surface area (Å²) in [6.45, 7) is 3.97. The van der Waals surface area contributed by atoms with Crippen molar-refractivity contribution in [1.29, 1.82) is 0 Å². The smallest absolute Gasteiger partial charge is 0.270 e. The first kappa shape index (κ1) is 11.2. The van der Waals surface area contributed by atoms with Crippen LogP contribution >= 0.6 is 27.5 Å². The van der Waals surface area contributed by atoms with Gasteiger partial charge < -0.3 is 5.32 Å². The summed E-state index contributed by atoms with van der Waals surface area (Å²) in [6, 6.07) is 3.18. The molecule has 0 bridgehead atoms. The van der Waals surface area contributed by atoms with Crippen LogP contribution in [0.5, 0.6) is 0 Å². The second-order valence-electron chi connectivity index (χ2n) is 2.56. The maximum atomic E-state index is 11.4. The van der Waals surface area contributed by atoms with Gasteiger partial charge in [0.25, 0.3) is 5.91 Å². The number of carbonyl (C=O) groups excluding carboxylic acids is 1. The summed E-state index contributed by atoms with van der Waals surface area (Å²) in [4.78, 5) is 15.2. The van der Waals surface area contributed by atoms with Crippen LogP contribution in [0, 0.1) is 0 Å². The molecule has 74 valence electrons. The highest BCUT2D eigenvalue weighted by Gasteiger charge is 2.05. The predicted octanol–water partition coefficient (Wildman–Crippen LogP) is 2.37. The highest BCUT2D eigenvalue weighted by atomic mass is 79.9. The van der Waals surface area contributed by atoms with Crippen molar-refractivity contribution in [2.24, 2.45) is 0 Å². The van der Waals surface area contributed by atoms with Gasteiger partial charge in [-0.3, -0.25) is 4.79 Å². The number of halogens is 2. The maximum Gasteiger partial charge on any atom is 0.270 e. The fourth-order valence-corrected chi connectivity index (χ4v) is 1.03. The predicted molar refractivity (Wildman–Crippen MR) is 59.6 cm³/mol. The topological polar surface area (TPSA) is 42.0 Å². The minimum absolute atomic E-state index is 0.248. The van der Waals surface area contributed by atoms with E-state index < -0.39 is 0 Å². The number of pyridine rings is 1. The minimum atomic E-state index is -0.248. The van der Waals surface area contributed by atoms with Gasteiger partial charge in [0.15, 0.2) is 0 Å². The van der Waals surface area contributed by atoms with Crippen molar-refractivity contribution in [2.45, 2.75) is 0 Å². The van der Waals surface area contributed by atoms with E-state index in [0.717, 1.165) is 0 Å². The summed E-state index contributed by atoms with van der Waals surface area (Å²) in [6.07, 6.45) is 1.43. The average molecular weight is 276 g/mol.